The largest absolute Gasteiger partial charge is 0.399 e. The number of primary amides is 1. The van der Waals surface area contributed by atoms with Gasteiger partial charge in [0.2, 0.25) is 5.91 Å². The van der Waals surface area contributed by atoms with Gasteiger partial charge in [-0.15, -0.1) is 11.3 Å². The van der Waals surface area contributed by atoms with Crippen LogP contribution < -0.4 is 28.7 Å². The van der Waals surface area contributed by atoms with Crippen molar-refractivity contribution in [3.63, 3.8) is 0 Å². The Kier molecular flexibility index (Phi) is 18.4. The van der Waals surface area contributed by atoms with E-state index in [-0.39, 0.29) is 5.91 Å². The van der Waals surface area contributed by atoms with Crippen LogP contribution in [-0.4, -0.2) is 45.8 Å². The van der Waals surface area contributed by atoms with Gasteiger partial charge in [-0.05, 0) is 144 Å². The average Bonchev–Trinajstić information content (AvgIpc) is 4.19. The third-order valence-electron chi connectivity index (χ3n) is 10.8. The standard InChI is InChI=1S/C9H10N2.C8H9N3.C8H8N2S.2C8H8N2.C8H9NO.C8H11N/c1-6-4-7-2-3-8(10)5-9(7)11-6;2*1-5-4-6-7(11-5)2-3-10-8(6)9;1-6-4-7-5-9-3-2-8(7)10-6;1-6-5-8-7(10-6)3-2-4-9-8;1-6-3-2-4-7(5-6)8(9)10;1-7-3-2-4-8(5-7)6-9/h2-5,11H,10H2,1H3;2-4,11H,1H3,(H2,9,10);2-4H,1H3,(H2,9,10);2*2-5,10H,1H3;2-5H,1H3,(H2,9,10);2-5H,6,9H2,1H3. The molecule has 0 radical (unpaired) electrons. The number of hydrogen-bond acceptors (Lipinski definition) is 10. The summed E-state index contributed by atoms with van der Waals surface area (Å²) in [5.74, 6) is 0.849. The van der Waals surface area contributed by atoms with Gasteiger partial charge in [-0.3, -0.25) is 14.8 Å². The molecule has 9 heterocycles. The molecule has 0 saturated carbocycles. The summed E-state index contributed by atoms with van der Waals surface area (Å²) in [6, 6.07) is 41.4. The van der Waals surface area contributed by atoms with Crippen LogP contribution in [0.4, 0.5) is 17.3 Å². The summed E-state index contributed by atoms with van der Waals surface area (Å²) >= 11 is 1.75. The lowest BCUT2D eigenvalue weighted by molar-refractivity contribution is 0.1000. The smallest absolute Gasteiger partial charge is 0.248 e. The van der Waals surface area contributed by atoms with Crippen molar-refractivity contribution in [3.8, 4) is 0 Å². The molecular formula is C57H63N13OS. The molecule has 14 N–H and O–H groups in total. The maximum absolute atomic E-state index is 10.6. The molecule has 1 amide bonds. The number of anilines is 3. The van der Waals surface area contributed by atoms with Crippen molar-refractivity contribution in [2.75, 3.05) is 17.2 Å². The number of aryl methyl sites for hydroxylation is 7. The highest BCUT2D eigenvalue weighted by Gasteiger charge is 2.02. The number of nitrogen functional groups attached to an aromatic ring is 3. The highest BCUT2D eigenvalue weighted by atomic mass is 32.1. The minimum absolute atomic E-state index is 0.372. The van der Waals surface area contributed by atoms with Crippen LogP contribution in [0.5, 0.6) is 0 Å². The average molecular weight is 978 g/mol. The third kappa shape index (κ3) is 15.4. The first kappa shape index (κ1) is 52.6. The van der Waals surface area contributed by atoms with Crippen molar-refractivity contribution in [2.45, 2.75) is 55.0 Å². The first-order valence-corrected chi connectivity index (χ1v) is 23.9. The lowest BCUT2D eigenvalue weighted by Gasteiger charge is -1.95. The Balaban J connectivity index is 0.000000137. The first-order chi connectivity index (χ1) is 34.5. The van der Waals surface area contributed by atoms with Crippen molar-refractivity contribution in [1.29, 1.82) is 0 Å². The van der Waals surface area contributed by atoms with Crippen LogP contribution in [0.15, 0.2) is 158 Å². The van der Waals surface area contributed by atoms with E-state index >= 15 is 0 Å². The van der Waals surface area contributed by atoms with Crippen LogP contribution in [0.1, 0.15) is 54.7 Å². The van der Waals surface area contributed by atoms with E-state index in [0.717, 1.165) is 61.0 Å². The fourth-order valence-corrected chi connectivity index (χ4v) is 8.39. The Labute approximate surface area is 423 Å². The van der Waals surface area contributed by atoms with E-state index in [4.69, 9.17) is 28.7 Å². The Morgan fingerprint density at radius 1 is 0.528 bits per heavy atom. The molecule has 0 atom stereocenters. The van der Waals surface area contributed by atoms with Crippen molar-refractivity contribution < 1.29 is 4.79 Å². The summed E-state index contributed by atoms with van der Waals surface area (Å²) in [5.41, 5.74) is 42.4. The minimum atomic E-state index is -0.372. The number of nitrogens with two attached hydrogens (primary N) is 5. The molecule has 72 heavy (non-hydrogen) atoms. The van der Waals surface area contributed by atoms with Crippen LogP contribution in [0.3, 0.4) is 0 Å². The zero-order valence-electron chi connectivity index (χ0n) is 41.7. The number of pyridine rings is 4. The Bertz CT molecular complexity index is 3440. The molecule has 14 nitrogen and oxygen atoms in total. The van der Waals surface area contributed by atoms with Gasteiger partial charge >= 0.3 is 0 Å². The van der Waals surface area contributed by atoms with Gasteiger partial charge in [0.15, 0.2) is 0 Å². The second-order valence-corrected chi connectivity index (χ2v) is 18.4. The van der Waals surface area contributed by atoms with E-state index in [1.54, 1.807) is 48.3 Å². The highest BCUT2D eigenvalue weighted by molar-refractivity contribution is 7.19. The monoisotopic (exact) mass is 977 g/mol. The molecule has 0 unspecified atom stereocenters. The molecule has 0 fully saturated rings. The van der Waals surface area contributed by atoms with Gasteiger partial charge in [0.1, 0.15) is 11.6 Å². The zero-order chi connectivity index (χ0) is 51.7. The SMILES string of the molecule is Cc1cc2c(N)nccc2[nH]1.Cc1cc2c(N)nccc2s1.Cc1cc2ccc(N)cc2[nH]1.Cc1cc2cnccc2[nH]1.Cc1cc2ncccc2[nH]1.Cc1cccc(C(N)=O)c1.Cc1cccc(CN)c1. The van der Waals surface area contributed by atoms with Gasteiger partial charge in [0.05, 0.1) is 16.6 Å². The molecule has 9 aromatic heterocycles. The lowest BCUT2D eigenvalue weighted by atomic mass is 10.1. The van der Waals surface area contributed by atoms with Crippen molar-refractivity contribution in [3.05, 3.63) is 208 Å². The van der Waals surface area contributed by atoms with E-state index in [1.807, 2.05) is 126 Å². The molecule has 0 saturated heterocycles. The normalized spacial score (nSPS) is 10.3. The number of hydrogen-bond donors (Lipinski definition) is 9. The number of rotatable bonds is 2. The summed E-state index contributed by atoms with van der Waals surface area (Å²) in [6.07, 6.45) is 8.90. The van der Waals surface area contributed by atoms with Crippen LogP contribution in [0, 0.1) is 48.5 Å². The number of nitrogens with one attached hydrogen (secondary N) is 4. The number of aromatic nitrogens is 8. The third-order valence-corrected chi connectivity index (χ3v) is 11.8. The van der Waals surface area contributed by atoms with Gasteiger partial charge in [-0.1, -0.05) is 53.6 Å². The molecule has 0 aliphatic heterocycles. The Hall–Kier alpha value is -8.79. The molecule has 0 spiro atoms. The number of benzene rings is 3. The number of carbonyl (C=O) groups excluding carboxylic acids is 1. The van der Waals surface area contributed by atoms with Crippen molar-refractivity contribution in [1.82, 2.24) is 39.9 Å². The molecule has 12 aromatic rings. The summed E-state index contributed by atoms with van der Waals surface area (Å²) in [4.78, 5) is 40.8. The fourth-order valence-electron chi connectivity index (χ4n) is 7.46. The van der Waals surface area contributed by atoms with Gasteiger partial charge in [0.25, 0.3) is 0 Å². The highest BCUT2D eigenvalue weighted by Crippen LogP contribution is 2.27. The van der Waals surface area contributed by atoms with E-state index < -0.39 is 0 Å². The van der Waals surface area contributed by atoms with Gasteiger partial charge in [0, 0.05) is 108 Å². The number of aromatic amines is 4. The second-order valence-electron chi connectivity index (χ2n) is 17.1. The summed E-state index contributed by atoms with van der Waals surface area (Å²) in [6.45, 7) is 14.8. The summed E-state index contributed by atoms with van der Waals surface area (Å²) in [7, 11) is 0. The predicted octanol–water partition coefficient (Wildman–Crippen LogP) is 12.0. The molecule has 0 aliphatic carbocycles. The Morgan fingerprint density at radius 2 is 1.15 bits per heavy atom. The van der Waals surface area contributed by atoms with E-state index in [9.17, 15) is 4.79 Å². The maximum atomic E-state index is 10.6. The molecule has 15 heteroatoms. The van der Waals surface area contributed by atoms with Crippen LogP contribution in [0.2, 0.25) is 0 Å². The maximum Gasteiger partial charge on any atom is 0.248 e. The van der Waals surface area contributed by atoms with Crippen molar-refractivity contribution in [2.24, 2.45) is 11.5 Å². The van der Waals surface area contributed by atoms with Crippen molar-refractivity contribution >= 4 is 88.4 Å². The number of thiophene rings is 1. The molecule has 0 aliphatic rings. The number of nitrogens with zero attached hydrogens (tertiary/aromatic N) is 4. The van der Waals surface area contributed by atoms with Crippen LogP contribution >= 0.6 is 11.3 Å². The first-order valence-electron chi connectivity index (χ1n) is 23.1. The minimum Gasteiger partial charge on any atom is -0.399 e. The van der Waals surface area contributed by atoms with Crippen LogP contribution in [-0.2, 0) is 6.54 Å². The van der Waals surface area contributed by atoms with E-state index in [2.05, 4.69) is 84.1 Å². The van der Waals surface area contributed by atoms with E-state index in [0.29, 0.717) is 23.7 Å². The Morgan fingerprint density at radius 3 is 1.79 bits per heavy atom. The number of carbonyl (C=O) groups is 1. The quantitative estimate of drug-likeness (QED) is 0.0745. The second kappa shape index (κ2) is 25.2. The lowest BCUT2D eigenvalue weighted by Crippen LogP contribution is -2.10. The molecule has 12 rings (SSSR count). The molecular weight excluding hydrogens is 915 g/mol. The number of H-pyrrole nitrogens is 4. The summed E-state index contributed by atoms with van der Waals surface area (Å²) in [5, 5.41) is 4.48. The van der Waals surface area contributed by atoms with E-state index in [1.165, 1.54) is 42.9 Å². The number of fused-ring (bicyclic) bond motifs is 5. The predicted molar refractivity (Wildman–Crippen MR) is 302 cm³/mol. The topological polar surface area (TPSA) is 262 Å². The molecule has 0 bridgehead atoms. The van der Waals surface area contributed by atoms with Crippen LogP contribution in [0.25, 0.3) is 53.8 Å². The van der Waals surface area contributed by atoms with Gasteiger partial charge in [-0.2, -0.15) is 0 Å². The zero-order valence-corrected chi connectivity index (χ0v) is 42.5. The van der Waals surface area contributed by atoms with Gasteiger partial charge < -0.3 is 48.6 Å². The molecule has 3 aromatic carbocycles. The molecule has 368 valence electrons. The number of amides is 1. The summed E-state index contributed by atoms with van der Waals surface area (Å²) < 4.78 is 1.22. The fraction of sp³-hybridized carbons (Fsp3) is 0.140. The van der Waals surface area contributed by atoms with Gasteiger partial charge in [-0.25, -0.2) is 9.97 Å².